The number of hydrogen-bond acceptors (Lipinski definition) is 2. The van der Waals surface area contributed by atoms with Gasteiger partial charge in [0.15, 0.2) is 0 Å². The summed E-state index contributed by atoms with van der Waals surface area (Å²) in [5.74, 6) is 0. The van der Waals surface area contributed by atoms with Crippen molar-refractivity contribution in [3.05, 3.63) is 29.8 Å². The molecule has 17 heavy (non-hydrogen) atoms. The molecule has 1 N–H and O–H groups in total. The van der Waals surface area contributed by atoms with Crippen LogP contribution >= 0.6 is 0 Å². The monoisotopic (exact) mass is 235 g/mol. The van der Waals surface area contributed by atoms with Crippen molar-refractivity contribution >= 4 is 5.69 Å². The van der Waals surface area contributed by atoms with Gasteiger partial charge in [0.05, 0.1) is 6.61 Å². The van der Waals surface area contributed by atoms with Gasteiger partial charge in [-0.05, 0) is 25.8 Å². The highest BCUT2D eigenvalue weighted by Gasteiger charge is 2.07. The minimum atomic E-state index is 0.572. The van der Waals surface area contributed by atoms with Crippen molar-refractivity contribution in [1.29, 1.82) is 0 Å². The average molecular weight is 235 g/mol. The topological polar surface area (TPSA) is 21.3 Å². The first-order valence-corrected chi connectivity index (χ1v) is 6.73. The number of benzene rings is 1. The van der Waals surface area contributed by atoms with Crippen molar-refractivity contribution in [3.63, 3.8) is 0 Å². The number of nitrogens with one attached hydrogen (secondary N) is 1. The third-order valence-electron chi connectivity index (χ3n) is 2.97. The summed E-state index contributed by atoms with van der Waals surface area (Å²) in [6, 6.07) is 9.00. The molecular weight excluding hydrogens is 210 g/mol. The molecule has 0 saturated carbocycles. The van der Waals surface area contributed by atoms with Gasteiger partial charge >= 0.3 is 0 Å². The SMILES string of the molecule is CCCC(CC)Nc1ccccc1COCC. The van der Waals surface area contributed by atoms with E-state index in [1.807, 2.05) is 6.92 Å². The van der Waals surface area contributed by atoms with Gasteiger partial charge in [-0.1, -0.05) is 38.5 Å². The molecule has 0 heterocycles. The maximum atomic E-state index is 5.50. The molecule has 0 aliphatic carbocycles. The lowest BCUT2D eigenvalue weighted by Crippen LogP contribution is -2.19. The molecule has 96 valence electrons. The van der Waals surface area contributed by atoms with Gasteiger partial charge in [0, 0.05) is 23.9 Å². The van der Waals surface area contributed by atoms with E-state index in [0.717, 1.165) is 13.0 Å². The Morgan fingerprint density at radius 1 is 1.18 bits per heavy atom. The smallest absolute Gasteiger partial charge is 0.0736 e. The minimum Gasteiger partial charge on any atom is -0.382 e. The summed E-state index contributed by atoms with van der Waals surface area (Å²) in [5, 5.41) is 3.63. The molecule has 0 aliphatic heterocycles. The van der Waals surface area contributed by atoms with Gasteiger partial charge in [0.25, 0.3) is 0 Å². The lowest BCUT2D eigenvalue weighted by atomic mass is 10.1. The Hall–Kier alpha value is -1.02. The predicted molar refractivity (Wildman–Crippen MR) is 74.4 cm³/mol. The van der Waals surface area contributed by atoms with Crippen LogP contribution in [0.5, 0.6) is 0 Å². The van der Waals surface area contributed by atoms with E-state index < -0.39 is 0 Å². The van der Waals surface area contributed by atoms with E-state index in [1.54, 1.807) is 0 Å². The van der Waals surface area contributed by atoms with Crippen LogP contribution in [-0.2, 0) is 11.3 Å². The van der Waals surface area contributed by atoms with E-state index in [9.17, 15) is 0 Å². The molecule has 0 amide bonds. The number of ether oxygens (including phenoxy) is 1. The second-order valence-corrected chi connectivity index (χ2v) is 4.33. The Labute approximate surface area is 105 Å². The first-order chi connectivity index (χ1) is 8.31. The van der Waals surface area contributed by atoms with Crippen LogP contribution in [0.15, 0.2) is 24.3 Å². The summed E-state index contributed by atoms with van der Waals surface area (Å²) in [4.78, 5) is 0. The molecule has 1 atom stereocenters. The predicted octanol–water partition coefficient (Wildman–Crippen LogP) is 4.21. The van der Waals surface area contributed by atoms with E-state index in [4.69, 9.17) is 4.74 Å². The zero-order valence-corrected chi connectivity index (χ0v) is 11.3. The van der Waals surface area contributed by atoms with Crippen LogP contribution in [0, 0.1) is 0 Å². The van der Waals surface area contributed by atoms with Crippen molar-refractivity contribution in [2.24, 2.45) is 0 Å². The van der Waals surface area contributed by atoms with Gasteiger partial charge in [-0.25, -0.2) is 0 Å². The van der Waals surface area contributed by atoms with E-state index in [2.05, 4.69) is 43.4 Å². The molecule has 1 aromatic carbocycles. The Bertz CT molecular complexity index is 312. The van der Waals surface area contributed by atoms with Gasteiger partial charge in [-0.3, -0.25) is 0 Å². The van der Waals surface area contributed by atoms with Crippen LogP contribution in [0.1, 0.15) is 45.6 Å². The van der Waals surface area contributed by atoms with E-state index >= 15 is 0 Å². The van der Waals surface area contributed by atoms with Gasteiger partial charge in [0.1, 0.15) is 0 Å². The standard InChI is InChI=1S/C15H25NO/c1-4-9-14(5-2)16-15-11-8-7-10-13(15)12-17-6-3/h7-8,10-11,14,16H,4-6,9,12H2,1-3H3. The first-order valence-electron chi connectivity index (χ1n) is 6.73. The molecule has 2 nitrogen and oxygen atoms in total. The quantitative estimate of drug-likeness (QED) is 0.728. The highest BCUT2D eigenvalue weighted by molar-refractivity contribution is 5.51. The average Bonchev–Trinajstić information content (AvgIpc) is 2.37. The van der Waals surface area contributed by atoms with E-state index in [-0.39, 0.29) is 0 Å². The highest BCUT2D eigenvalue weighted by atomic mass is 16.5. The molecule has 1 aromatic rings. The third-order valence-corrected chi connectivity index (χ3v) is 2.97. The summed E-state index contributed by atoms with van der Waals surface area (Å²) in [6.07, 6.45) is 3.61. The second-order valence-electron chi connectivity index (χ2n) is 4.33. The Morgan fingerprint density at radius 3 is 2.59 bits per heavy atom. The fourth-order valence-electron chi connectivity index (χ4n) is 1.95. The van der Waals surface area contributed by atoms with Crippen LogP contribution in [0.25, 0.3) is 0 Å². The lowest BCUT2D eigenvalue weighted by Gasteiger charge is -2.20. The molecule has 0 radical (unpaired) electrons. The number of rotatable bonds is 8. The Kier molecular flexibility index (Phi) is 6.71. The van der Waals surface area contributed by atoms with Crippen LogP contribution in [0.4, 0.5) is 5.69 Å². The molecule has 0 fully saturated rings. The molecule has 2 heteroatoms. The molecule has 0 saturated heterocycles. The van der Waals surface area contributed by atoms with Crippen LogP contribution < -0.4 is 5.32 Å². The van der Waals surface area contributed by atoms with Gasteiger partial charge < -0.3 is 10.1 Å². The number of hydrogen-bond donors (Lipinski definition) is 1. The molecule has 0 aliphatic rings. The summed E-state index contributed by atoms with van der Waals surface area (Å²) in [6.45, 7) is 7.96. The Morgan fingerprint density at radius 2 is 1.94 bits per heavy atom. The van der Waals surface area contributed by atoms with Gasteiger partial charge in [0.2, 0.25) is 0 Å². The summed E-state index contributed by atoms with van der Waals surface area (Å²) >= 11 is 0. The first kappa shape index (κ1) is 14.0. The van der Waals surface area contributed by atoms with Crippen molar-refractivity contribution in [1.82, 2.24) is 0 Å². The normalized spacial score (nSPS) is 12.4. The maximum absolute atomic E-state index is 5.50. The summed E-state index contributed by atoms with van der Waals surface area (Å²) in [5.41, 5.74) is 2.48. The fraction of sp³-hybridized carbons (Fsp3) is 0.600. The summed E-state index contributed by atoms with van der Waals surface area (Å²) in [7, 11) is 0. The Balaban J connectivity index is 2.67. The summed E-state index contributed by atoms with van der Waals surface area (Å²) < 4.78 is 5.50. The van der Waals surface area contributed by atoms with Crippen LogP contribution in [0.3, 0.4) is 0 Å². The molecule has 0 bridgehead atoms. The van der Waals surface area contributed by atoms with E-state index in [0.29, 0.717) is 12.6 Å². The number of para-hydroxylation sites is 1. The zero-order chi connectivity index (χ0) is 12.5. The molecule has 0 spiro atoms. The second kappa shape index (κ2) is 8.13. The molecule has 1 unspecified atom stereocenters. The van der Waals surface area contributed by atoms with Crippen molar-refractivity contribution < 1.29 is 4.74 Å². The lowest BCUT2D eigenvalue weighted by molar-refractivity contribution is 0.134. The third kappa shape index (κ3) is 4.78. The minimum absolute atomic E-state index is 0.572. The van der Waals surface area contributed by atoms with Crippen LogP contribution in [0.2, 0.25) is 0 Å². The molecular formula is C15H25NO. The van der Waals surface area contributed by atoms with Crippen molar-refractivity contribution in [2.75, 3.05) is 11.9 Å². The van der Waals surface area contributed by atoms with Crippen LogP contribution in [-0.4, -0.2) is 12.6 Å². The van der Waals surface area contributed by atoms with Gasteiger partial charge in [-0.15, -0.1) is 0 Å². The van der Waals surface area contributed by atoms with Crippen molar-refractivity contribution in [2.45, 2.75) is 52.7 Å². The fourth-order valence-corrected chi connectivity index (χ4v) is 1.95. The highest BCUT2D eigenvalue weighted by Crippen LogP contribution is 2.19. The zero-order valence-electron chi connectivity index (χ0n) is 11.3. The number of anilines is 1. The molecule has 1 rings (SSSR count). The largest absolute Gasteiger partial charge is 0.382 e. The van der Waals surface area contributed by atoms with Crippen molar-refractivity contribution in [3.8, 4) is 0 Å². The molecule has 0 aromatic heterocycles. The van der Waals surface area contributed by atoms with Gasteiger partial charge in [-0.2, -0.15) is 0 Å². The maximum Gasteiger partial charge on any atom is 0.0736 e. The van der Waals surface area contributed by atoms with E-state index in [1.165, 1.54) is 24.1 Å².